The van der Waals surface area contributed by atoms with Crippen LogP contribution in [0.5, 0.6) is 0 Å². The zero-order valence-electron chi connectivity index (χ0n) is 11.5. The first kappa shape index (κ1) is 15.9. The molecule has 1 aromatic heterocycles. The highest BCUT2D eigenvalue weighted by Crippen LogP contribution is 2.29. The molecule has 1 amide bonds. The van der Waals surface area contributed by atoms with Crippen molar-refractivity contribution in [2.24, 2.45) is 0 Å². The molecule has 0 radical (unpaired) electrons. The lowest BCUT2D eigenvalue weighted by Crippen LogP contribution is -2.13. The van der Waals surface area contributed by atoms with E-state index in [1.54, 1.807) is 30.3 Å². The van der Waals surface area contributed by atoms with E-state index in [9.17, 15) is 9.59 Å². The number of aromatic amines is 1. The molecule has 116 valence electrons. The predicted octanol–water partition coefficient (Wildman–Crippen LogP) is 4.74. The van der Waals surface area contributed by atoms with Gasteiger partial charge in [0.1, 0.15) is 0 Å². The lowest BCUT2D eigenvalue weighted by atomic mass is 10.1. The molecule has 0 aliphatic rings. The summed E-state index contributed by atoms with van der Waals surface area (Å²) in [4.78, 5) is 26.7. The van der Waals surface area contributed by atoms with Crippen LogP contribution in [0.25, 0.3) is 10.8 Å². The summed E-state index contributed by atoms with van der Waals surface area (Å²) in [6.07, 6.45) is 1.53. The van der Waals surface area contributed by atoms with Gasteiger partial charge in [0.15, 0.2) is 0 Å². The lowest BCUT2D eigenvalue weighted by Gasteiger charge is -2.10. The Hall–Kier alpha value is -2.01. The number of halogens is 3. The fourth-order valence-corrected chi connectivity index (χ4v) is 2.77. The highest BCUT2D eigenvalue weighted by molar-refractivity contribution is 6.44. The van der Waals surface area contributed by atoms with Crippen molar-refractivity contribution in [3.8, 4) is 0 Å². The number of hydrogen-bond donors (Lipinski definition) is 2. The van der Waals surface area contributed by atoms with E-state index in [0.29, 0.717) is 16.5 Å². The number of hydrogen-bond acceptors (Lipinski definition) is 2. The first-order chi connectivity index (χ1) is 11.0. The standard InChI is InChI=1S/C16H9Cl3N2O2/c17-11-3-1-2-9(14(11)19)16(23)21-13-6-8-4-5-20-15(22)10(8)7-12(13)18/h1-7H,(H,20,22)(H,21,23). The maximum absolute atomic E-state index is 12.4. The average molecular weight is 368 g/mol. The van der Waals surface area contributed by atoms with Gasteiger partial charge in [0, 0.05) is 11.6 Å². The van der Waals surface area contributed by atoms with E-state index in [1.165, 1.54) is 12.3 Å². The number of nitrogens with one attached hydrogen (secondary N) is 2. The summed E-state index contributed by atoms with van der Waals surface area (Å²) in [5, 5.41) is 4.48. The number of fused-ring (bicyclic) bond motifs is 1. The second-order valence-electron chi connectivity index (χ2n) is 4.78. The van der Waals surface area contributed by atoms with Gasteiger partial charge in [-0.3, -0.25) is 9.59 Å². The van der Waals surface area contributed by atoms with Gasteiger partial charge in [-0.15, -0.1) is 0 Å². The monoisotopic (exact) mass is 366 g/mol. The molecule has 3 aromatic rings. The predicted molar refractivity (Wildman–Crippen MR) is 94.0 cm³/mol. The number of rotatable bonds is 2. The Morgan fingerprint density at radius 2 is 1.83 bits per heavy atom. The van der Waals surface area contributed by atoms with Crippen LogP contribution in [0.3, 0.4) is 0 Å². The molecule has 0 unspecified atom stereocenters. The number of carbonyl (C=O) groups excluding carboxylic acids is 1. The Kier molecular flexibility index (Phi) is 4.31. The molecule has 0 aliphatic heterocycles. The second-order valence-corrected chi connectivity index (χ2v) is 5.97. The van der Waals surface area contributed by atoms with Crippen molar-refractivity contribution in [3.63, 3.8) is 0 Å². The van der Waals surface area contributed by atoms with Gasteiger partial charge in [0.2, 0.25) is 0 Å². The molecule has 23 heavy (non-hydrogen) atoms. The van der Waals surface area contributed by atoms with Gasteiger partial charge in [-0.1, -0.05) is 40.9 Å². The second kappa shape index (κ2) is 6.24. The van der Waals surface area contributed by atoms with Gasteiger partial charge >= 0.3 is 0 Å². The molecule has 2 N–H and O–H groups in total. The fourth-order valence-electron chi connectivity index (χ4n) is 2.17. The molecular weight excluding hydrogens is 359 g/mol. The lowest BCUT2D eigenvalue weighted by molar-refractivity contribution is 0.102. The Balaban J connectivity index is 2.01. The third-order valence-electron chi connectivity index (χ3n) is 3.31. The summed E-state index contributed by atoms with van der Waals surface area (Å²) in [6, 6.07) is 9.63. The molecule has 0 spiro atoms. The molecule has 0 fully saturated rings. The molecule has 1 heterocycles. The van der Waals surface area contributed by atoms with Crippen LogP contribution in [0, 0.1) is 0 Å². The highest BCUT2D eigenvalue weighted by atomic mass is 35.5. The Bertz CT molecular complexity index is 983. The van der Waals surface area contributed by atoms with Crippen molar-refractivity contribution in [2.45, 2.75) is 0 Å². The molecule has 4 nitrogen and oxygen atoms in total. The maximum Gasteiger partial charge on any atom is 0.257 e. The zero-order chi connectivity index (χ0) is 16.6. The van der Waals surface area contributed by atoms with Crippen LogP contribution in [0.1, 0.15) is 10.4 Å². The third-order valence-corrected chi connectivity index (χ3v) is 4.44. The average Bonchev–Trinajstić information content (AvgIpc) is 2.52. The molecule has 2 aromatic carbocycles. The first-order valence-corrected chi connectivity index (χ1v) is 7.67. The van der Waals surface area contributed by atoms with Crippen LogP contribution in [0.15, 0.2) is 47.4 Å². The number of amides is 1. The SMILES string of the molecule is O=C(Nc1cc2cc[nH]c(=O)c2cc1Cl)c1cccc(Cl)c1Cl. The fraction of sp³-hybridized carbons (Fsp3) is 0. The van der Waals surface area contributed by atoms with Gasteiger partial charge in [-0.2, -0.15) is 0 Å². The third kappa shape index (κ3) is 3.06. The maximum atomic E-state index is 12.4. The largest absolute Gasteiger partial charge is 0.329 e. The number of aromatic nitrogens is 1. The molecule has 0 saturated heterocycles. The van der Waals surface area contributed by atoms with Crippen molar-refractivity contribution in [2.75, 3.05) is 5.32 Å². The zero-order valence-corrected chi connectivity index (χ0v) is 13.8. The smallest absolute Gasteiger partial charge is 0.257 e. The summed E-state index contributed by atoms with van der Waals surface area (Å²) < 4.78 is 0. The molecule has 0 atom stereocenters. The molecule has 3 rings (SSSR count). The molecule has 0 bridgehead atoms. The number of anilines is 1. The summed E-state index contributed by atoms with van der Waals surface area (Å²) in [7, 11) is 0. The summed E-state index contributed by atoms with van der Waals surface area (Å²) in [6.45, 7) is 0. The quantitative estimate of drug-likeness (QED) is 0.687. The van der Waals surface area contributed by atoms with E-state index in [1.807, 2.05) is 0 Å². The normalized spacial score (nSPS) is 10.7. The first-order valence-electron chi connectivity index (χ1n) is 6.53. The number of benzene rings is 2. The van der Waals surface area contributed by atoms with Crippen molar-refractivity contribution in [3.05, 3.63) is 73.6 Å². The van der Waals surface area contributed by atoms with Crippen LogP contribution < -0.4 is 10.9 Å². The highest BCUT2D eigenvalue weighted by Gasteiger charge is 2.15. The van der Waals surface area contributed by atoms with Crippen LogP contribution in [0.4, 0.5) is 5.69 Å². The molecule has 0 saturated carbocycles. The topological polar surface area (TPSA) is 62.0 Å². The van der Waals surface area contributed by atoms with E-state index in [0.717, 1.165) is 0 Å². The number of carbonyl (C=O) groups is 1. The molecule has 0 aliphatic carbocycles. The van der Waals surface area contributed by atoms with E-state index < -0.39 is 5.91 Å². The van der Waals surface area contributed by atoms with E-state index in [2.05, 4.69) is 10.3 Å². The van der Waals surface area contributed by atoms with Crippen LogP contribution in [-0.4, -0.2) is 10.9 Å². The van der Waals surface area contributed by atoms with E-state index in [4.69, 9.17) is 34.8 Å². The van der Waals surface area contributed by atoms with Crippen LogP contribution >= 0.6 is 34.8 Å². The van der Waals surface area contributed by atoms with Gasteiger partial charge in [-0.25, -0.2) is 0 Å². The van der Waals surface area contributed by atoms with Gasteiger partial charge in [0.25, 0.3) is 11.5 Å². The van der Waals surface area contributed by atoms with Crippen molar-refractivity contribution >= 4 is 57.2 Å². The van der Waals surface area contributed by atoms with Crippen LogP contribution in [-0.2, 0) is 0 Å². The van der Waals surface area contributed by atoms with Crippen molar-refractivity contribution in [1.29, 1.82) is 0 Å². The Morgan fingerprint density at radius 1 is 1.04 bits per heavy atom. The summed E-state index contributed by atoms with van der Waals surface area (Å²) in [5.74, 6) is -0.441. The summed E-state index contributed by atoms with van der Waals surface area (Å²) in [5.41, 5.74) is 0.368. The van der Waals surface area contributed by atoms with Crippen LogP contribution in [0.2, 0.25) is 15.1 Å². The van der Waals surface area contributed by atoms with E-state index in [-0.39, 0.29) is 26.2 Å². The van der Waals surface area contributed by atoms with Crippen molar-refractivity contribution in [1.82, 2.24) is 4.98 Å². The van der Waals surface area contributed by atoms with E-state index >= 15 is 0 Å². The minimum Gasteiger partial charge on any atom is -0.329 e. The Morgan fingerprint density at radius 3 is 2.61 bits per heavy atom. The minimum atomic E-state index is -0.441. The number of H-pyrrole nitrogens is 1. The Labute approximate surface area is 146 Å². The molecular formula is C16H9Cl3N2O2. The van der Waals surface area contributed by atoms with Gasteiger partial charge in [0.05, 0.1) is 26.3 Å². The number of pyridine rings is 1. The minimum absolute atomic E-state index is 0.167. The van der Waals surface area contributed by atoms with Crippen molar-refractivity contribution < 1.29 is 4.79 Å². The van der Waals surface area contributed by atoms with Gasteiger partial charge < -0.3 is 10.3 Å². The van der Waals surface area contributed by atoms with Gasteiger partial charge in [-0.05, 0) is 35.7 Å². The summed E-state index contributed by atoms with van der Waals surface area (Å²) >= 11 is 18.1. The molecule has 7 heteroatoms.